The van der Waals surface area contributed by atoms with Gasteiger partial charge in [-0.3, -0.25) is 4.79 Å². The van der Waals surface area contributed by atoms with Gasteiger partial charge in [-0.1, -0.05) is 12.1 Å². The number of hydrogen-bond acceptors (Lipinski definition) is 3. The quantitative estimate of drug-likeness (QED) is 0.723. The fourth-order valence-corrected chi connectivity index (χ4v) is 2.95. The van der Waals surface area contributed by atoms with Crippen molar-refractivity contribution in [2.75, 3.05) is 35.2 Å². The van der Waals surface area contributed by atoms with Crippen LogP contribution in [0.4, 0.5) is 17.1 Å². The smallest absolute Gasteiger partial charge is 0.243 e. The fourth-order valence-electron chi connectivity index (χ4n) is 2.56. The number of anilines is 3. The van der Waals surface area contributed by atoms with E-state index in [-0.39, 0.29) is 12.5 Å². The SMILES string of the molecule is CCN(CC)c1ccc(NCC(=O)Nc2ccccc2Br)c(C)c1. The van der Waals surface area contributed by atoms with E-state index >= 15 is 0 Å². The minimum Gasteiger partial charge on any atom is -0.376 e. The van der Waals surface area contributed by atoms with Crippen LogP contribution in [0.1, 0.15) is 19.4 Å². The summed E-state index contributed by atoms with van der Waals surface area (Å²) < 4.78 is 0.873. The summed E-state index contributed by atoms with van der Waals surface area (Å²) in [4.78, 5) is 14.4. The molecule has 0 unspecified atom stereocenters. The summed E-state index contributed by atoms with van der Waals surface area (Å²) in [7, 11) is 0. The Balaban J connectivity index is 1.96. The second kappa shape index (κ2) is 8.73. The van der Waals surface area contributed by atoms with Gasteiger partial charge in [-0.2, -0.15) is 0 Å². The lowest BCUT2D eigenvalue weighted by atomic mass is 10.1. The van der Waals surface area contributed by atoms with E-state index in [1.165, 1.54) is 5.69 Å². The first kappa shape index (κ1) is 18.3. The minimum absolute atomic E-state index is 0.0749. The van der Waals surface area contributed by atoms with Crippen LogP contribution in [0.5, 0.6) is 0 Å². The topological polar surface area (TPSA) is 44.4 Å². The number of nitrogens with zero attached hydrogens (tertiary/aromatic N) is 1. The van der Waals surface area contributed by atoms with Gasteiger partial charge in [0.25, 0.3) is 0 Å². The molecule has 0 saturated carbocycles. The lowest BCUT2D eigenvalue weighted by Gasteiger charge is -2.22. The zero-order chi connectivity index (χ0) is 17.5. The maximum atomic E-state index is 12.1. The second-order valence-electron chi connectivity index (χ2n) is 5.55. The fraction of sp³-hybridized carbons (Fsp3) is 0.316. The van der Waals surface area contributed by atoms with E-state index in [0.717, 1.165) is 34.5 Å². The van der Waals surface area contributed by atoms with E-state index < -0.39 is 0 Å². The molecule has 2 rings (SSSR count). The first-order valence-electron chi connectivity index (χ1n) is 8.19. The van der Waals surface area contributed by atoms with Gasteiger partial charge in [-0.25, -0.2) is 0 Å². The molecular formula is C19H24BrN3O. The Morgan fingerprint density at radius 2 is 1.79 bits per heavy atom. The number of rotatable bonds is 7. The number of hydrogen-bond donors (Lipinski definition) is 2. The van der Waals surface area contributed by atoms with Gasteiger partial charge < -0.3 is 15.5 Å². The van der Waals surface area contributed by atoms with Crippen LogP contribution in [0, 0.1) is 6.92 Å². The van der Waals surface area contributed by atoms with Crippen LogP contribution in [-0.2, 0) is 4.79 Å². The van der Waals surface area contributed by atoms with Crippen LogP contribution in [0.15, 0.2) is 46.9 Å². The molecule has 0 heterocycles. The van der Waals surface area contributed by atoms with Crippen LogP contribution < -0.4 is 15.5 Å². The van der Waals surface area contributed by atoms with Crippen molar-refractivity contribution < 1.29 is 4.79 Å². The van der Waals surface area contributed by atoms with E-state index in [1.54, 1.807) is 0 Å². The largest absolute Gasteiger partial charge is 0.376 e. The van der Waals surface area contributed by atoms with Gasteiger partial charge in [0.1, 0.15) is 0 Å². The van der Waals surface area contributed by atoms with Crippen LogP contribution in [0.3, 0.4) is 0 Å². The molecule has 0 aliphatic heterocycles. The number of carbonyl (C=O) groups excluding carboxylic acids is 1. The number of nitrogens with one attached hydrogen (secondary N) is 2. The van der Waals surface area contributed by atoms with Crippen LogP contribution in [0.2, 0.25) is 0 Å². The third-order valence-electron chi connectivity index (χ3n) is 3.93. The number of carbonyl (C=O) groups is 1. The van der Waals surface area contributed by atoms with Gasteiger partial charge in [0.2, 0.25) is 5.91 Å². The maximum Gasteiger partial charge on any atom is 0.243 e. The summed E-state index contributed by atoms with van der Waals surface area (Å²) in [6.07, 6.45) is 0. The molecule has 0 aromatic heterocycles. The summed E-state index contributed by atoms with van der Waals surface area (Å²) in [6.45, 7) is 8.55. The van der Waals surface area contributed by atoms with E-state index in [4.69, 9.17) is 0 Å². The van der Waals surface area contributed by atoms with Crippen molar-refractivity contribution in [1.82, 2.24) is 0 Å². The summed E-state index contributed by atoms with van der Waals surface area (Å²) in [5.74, 6) is -0.0749. The Bertz CT molecular complexity index is 699. The van der Waals surface area contributed by atoms with Crippen molar-refractivity contribution in [3.8, 4) is 0 Å². The van der Waals surface area contributed by atoms with Crippen LogP contribution in [-0.4, -0.2) is 25.5 Å². The highest BCUT2D eigenvalue weighted by Gasteiger charge is 2.08. The van der Waals surface area contributed by atoms with Crippen LogP contribution in [0.25, 0.3) is 0 Å². The van der Waals surface area contributed by atoms with E-state index in [2.05, 4.69) is 64.4 Å². The average Bonchev–Trinajstić information content (AvgIpc) is 2.57. The molecule has 4 nitrogen and oxygen atoms in total. The third-order valence-corrected chi connectivity index (χ3v) is 4.62. The molecule has 0 spiro atoms. The molecule has 0 bridgehead atoms. The molecular weight excluding hydrogens is 366 g/mol. The zero-order valence-corrected chi connectivity index (χ0v) is 16.0. The molecule has 5 heteroatoms. The highest BCUT2D eigenvalue weighted by Crippen LogP contribution is 2.23. The first-order valence-corrected chi connectivity index (χ1v) is 8.98. The summed E-state index contributed by atoms with van der Waals surface area (Å²) in [5.41, 5.74) is 4.10. The maximum absolute atomic E-state index is 12.1. The van der Waals surface area contributed by atoms with Crippen molar-refractivity contribution >= 4 is 38.9 Å². The predicted molar refractivity (Wildman–Crippen MR) is 106 cm³/mol. The number of para-hydroxylation sites is 1. The van der Waals surface area contributed by atoms with Gasteiger partial charge in [0.05, 0.1) is 12.2 Å². The molecule has 24 heavy (non-hydrogen) atoms. The summed E-state index contributed by atoms with van der Waals surface area (Å²) in [6, 6.07) is 13.9. The zero-order valence-electron chi connectivity index (χ0n) is 14.4. The molecule has 2 N–H and O–H groups in total. The summed E-state index contributed by atoms with van der Waals surface area (Å²) in [5, 5.41) is 6.10. The molecule has 2 aromatic rings. The van der Waals surface area contributed by atoms with Crippen molar-refractivity contribution in [3.63, 3.8) is 0 Å². The monoisotopic (exact) mass is 389 g/mol. The first-order chi connectivity index (χ1) is 11.5. The molecule has 1 amide bonds. The molecule has 0 aliphatic carbocycles. The Morgan fingerprint density at radius 1 is 1.08 bits per heavy atom. The Labute approximate surface area is 152 Å². The number of benzene rings is 2. The highest BCUT2D eigenvalue weighted by atomic mass is 79.9. The number of halogens is 1. The number of aryl methyl sites for hydroxylation is 1. The molecule has 2 aromatic carbocycles. The van der Waals surface area contributed by atoms with Crippen molar-refractivity contribution in [2.45, 2.75) is 20.8 Å². The normalized spacial score (nSPS) is 10.3. The van der Waals surface area contributed by atoms with E-state index in [0.29, 0.717) is 0 Å². The van der Waals surface area contributed by atoms with Gasteiger partial charge in [0.15, 0.2) is 0 Å². The molecule has 0 fully saturated rings. The standard InChI is InChI=1S/C19H24BrN3O/c1-4-23(5-2)15-10-11-17(14(3)12-15)21-13-19(24)22-18-9-7-6-8-16(18)20/h6-12,21H,4-5,13H2,1-3H3,(H,22,24). The lowest BCUT2D eigenvalue weighted by Crippen LogP contribution is -2.23. The average molecular weight is 390 g/mol. The number of amides is 1. The van der Waals surface area contributed by atoms with Gasteiger partial charge in [-0.05, 0) is 72.6 Å². The minimum atomic E-state index is -0.0749. The molecule has 0 saturated heterocycles. The summed E-state index contributed by atoms with van der Waals surface area (Å²) >= 11 is 3.43. The Morgan fingerprint density at radius 3 is 2.42 bits per heavy atom. The van der Waals surface area contributed by atoms with Gasteiger partial charge >= 0.3 is 0 Å². The van der Waals surface area contributed by atoms with Gasteiger partial charge in [-0.15, -0.1) is 0 Å². The molecule has 0 aliphatic rings. The predicted octanol–water partition coefficient (Wildman–Crippen LogP) is 4.65. The van der Waals surface area contributed by atoms with E-state index in [1.807, 2.05) is 30.3 Å². The van der Waals surface area contributed by atoms with Gasteiger partial charge in [0, 0.05) is 28.9 Å². The van der Waals surface area contributed by atoms with Crippen molar-refractivity contribution in [1.29, 1.82) is 0 Å². The lowest BCUT2D eigenvalue weighted by molar-refractivity contribution is -0.114. The van der Waals surface area contributed by atoms with E-state index in [9.17, 15) is 4.79 Å². The van der Waals surface area contributed by atoms with Crippen molar-refractivity contribution in [3.05, 3.63) is 52.5 Å². The Hall–Kier alpha value is -2.01. The molecule has 0 radical (unpaired) electrons. The van der Waals surface area contributed by atoms with Crippen molar-refractivity contribution in [2.24, 2.45) is 0 Å². The van der Waals surface area contributed by atoms with Crippen LogP contribution >= 0.6 is 15.9 Å². The highest BCUT2D eigenvalue weighted by molar-refractivity contribution is 9.10. The molecule has 128 valence electrons. The molecule has 0 atom stereocenters. The second-order valence-corrected chi connectivity index (χ2v) is 6.41. The Kier molecular flexibility index (Phi) is 6.67. The third kappa shape index (κ3) is 4.74.